The summed E-state index contributed by atoms with van der Waals surface area (Å²) in [6, 6.07) is 9.41. The van der Waals surface area contributed by atoms with Gasteiger partial charge >= 0.3 is 0 Å². The Bertz CT molecular complexity index is 333. The van der Waals surface area contributed by atoms with Crippen LogP contribution in [0.1, 0.15) is 38.2 Å². The molecule has 2 atom stereocenters. The average Bonchev–Trinajstić information content (AvgIpc) is 2.32. The molecule has 0 radical (unpaired) electrons. The lowest BCUT2D eigenvalue weighted by atomic mass is 9.87. The van der Waals surface area contributed by atoms with Gasteiger partial charge in [0.15, 0.2) is 0 Å². The first-order chi connectivity index (χ1) is 8.24. The maximum atomic E-state index is 3.70. The standard InChI is InChI=1S/C15H22BrN/c1-12-3-2-4-15(11-12)17-10-9-13-5-7-14(16)8-6-13/h5-8,12,15,17H,2-4,9-11H2,1H3. The van der Waals surface area contributed by atoms with Gasteiger partial charge < -0.3 is 5.32 Å². The molecular weight excluding hydrogens is 274 g/mol. The Kier molecular flexibility index (Phi) is 5.05. The van der Waals surface area contributed by atoms with Gasteiger partial charge in [-0.05, 0) is 49.4 Å². The van der Waals surface area contributed by atoms with Crippen LogP contribution in [0.5, 0.6) is 0 Å². The lowest BCUT2D eigenvalue weighted by Crippen LogP contribution is -2.34. The molecule has 1 aromatic rings. The minimum atomic E-state index is 0.759. The second-order valence-corrected chi connectivity index (χ2v) is 6.21. The van der Waals surface area contributed by atoms with Crippen molar-refractivity contribution in [3.8, 4) is 0 Å². The minimum absolute atomic E-state index is 0.759. The highest BCUT2D eigenvalue weighted by Crippen LogP contribution is 2.23. The Hall–Kier alpha value is -0.340. The van der Waals surface area contributed by atoms with Gasteiger partial charge in [0, 0.05) is 10.5 Å². The molecule has 1 saturated carbocycles. The molecule has 0 heterocycles. The average molecular weight is 296 g/mol. The Balaban J connectivity index is 1.70. The van der Waals surface area contributed by atoms with Gasteiger partial charge in [-0.1, -0.05) is 47.8 Å². The molecule has 0 amide bonds. The number of benzene rings is 1. The summed E-state index contributed by atoms with van der Waals surface area (Å²) in [7, 11) is 0. The summed E-state index contributed by atoms with van der Waals surface area (Å²) in [6.07, 6.45) is 6.69. The predicted molar refractivity (Wildman–Crippen MR) is 77.3 cm³/mol. The van der Waals surface area contributed by atoms with E-state index in [2.05, 4.69) is 52.4 Å². The van der Waals surface area contributed by atoms with E-state index in [9.17, 15) is 0 Å². The largest absolute Gasteiger partial charge is 0.314 e. The second kappa shape index (κ2) is 6.55. The van der Waals surface area contributed by atoms with E-state index in [1.807, 2.05) is 0 Å². The predicted octanol–water partition coefficient (Wildman–Crippen LogP) is 4.16. The van der Waals surface area contributed by atoms with Crippen molar-refractivity contribution >= 4 is 15.9 Å². The normalized spacial score (nSPS) is 24.8. The highest BCUT2D eigenvalue weighted by molar-refractivity contribution is 9.10. The van der Waals surface area contributed by atoms with E-state index in [1.165, 1.54) is 31.2 Å². The zero-order valence-corrected chi connectivity index (χ0v) is 12.2. The fourth-order valence-corrected chi connectivity index (χ4v) is 2.96. The smallest absolute Gasteiger partial charge is 0.0175 e. The zero-order chi connectivity index (χ0) is 12.1. The quantitative estimate of drug-likeness (QED) is 0.879. The summed E-state index contributed by atoms with van der Waals surface area (Å²) in [5.74, 6) is 0.911. The highest BCUT2D eigenvalue weighted by Gasteiger charge is 2.17. The van der Waals surface area contributed by atoms with Crippen LogP contribution in [0, 0.1) is 5.92 Å². The van der Waals surface area contributed by atoms with Crippen molar-refractivity contribution in [2.45, 2.75) is 45.1 Å². The van der Waals surface area contributed by atoms with E-state index >= 15 is 0 Å². The first kappa shape index (κ1) is 13.1. The van der Waals surface area contributed by atoms with Crippen molar-refractivity contribution in [1.82, 2.24) is 5.32 Å². The number of halogens is 1. The first-order valence-corrected chi connectivity index (χ1v) is 7.51. The fourth-order valence-electron chi connectivity index (χ4n) is 2.69. The van der Waals surface area contributed by atoms with Crippen molar-refractivity contribution in [3.63, 3.8) is 0 Å². The van der Waals surface area contributed by atoms with Gasteiger partial charge in [-0.3, -0.25) is 0 Å². The topological polar surface area (TPSA) is 12.0 Å². The van der Waals surface area contributed by atoms with E-state index in [4.69, 9.17) is 0 Å². The first-order valence-electron chi connectivity index (χ1n) is 6.72. The number of hydrogen-bond acceptors (Lipinski definition) is 1. The molecular formula is C15H22BrN. The molecule has 0 aliphatic heterocycles. The SMILES string of the molecule is CC1CCCC(NCCc2ccc(Br)cc2)C1. The van der Waals surface area contributed by atoms with Crippen LogP contribution in [0.3, 0.4) is 0 Å². The Morgan fingerprint density at radius 1 is 1.24 bits per heavy atom. The van der Waals surface area contributed by atoms with Crippen molar-refractivity contribution in [2.75, 3.05) is 6.54 Å². The van der Waals surface area contributed by atoms with Crippen molar-refractivity contribution < 1.29 is 0 Å². The van der Waals surface area contributed by atoms with Crippen LogP contribution in [-0.4, -0.2) is 12.6 Å². The summed E-state index contributed by atoms with van der Waals surface area (Å²) in [5, 5.41) is 3.70. The molecule has 94 valence electrons. The summed E-state index contributed by atoms with van der Waals surface area (Å²) in [4.78, 5) is 0. The van der Waals surface area contributed by atoms with Crippen LogP contribution in [-0.2, 0) is 6.42 Å². The number of nitrogens with one attached hydrogen (secondary N) is 1. The van der Waals surface area contributed by atoms with E-state index in [1.54, 1.807) is 0 Å². The monoisotopic (exact) mass is 295 g/mol. The molecule has 0 bridgehead atoms. The van der Waals surface area contributed by atoms with Crippen LogP contribution in [0.2, 0.25) is 0 Å². The van der Waals surface area contributed by atoms with Crippen LogP contribution < -0.4 is 5.32 Å². The molecule has 1 aromatic carbocycles. The fraction of sp³-hybridized carbons (Fsp3) is 0.600. The Labute approximate surface area is 113 Å². The van der Waals surface area contributed by atoms with E-state index in [0.29, 0.717) is 0 Å². The summed E-state index contributed by atoms with van der Waals surface area (Å²) >= 11 is 3.47. The molecule has 2 heteroatoms. The van der Waals surface area contributed by atoms with Crippen LogP contribution in [0.25, 0.3) is 0 Å². The summed E-state index contributed by atoms with van der Waals surface area (Å²) < 4.78 is 1.16. The maximum absolute atomic E-state index is 3.70. The van der Waals surface area contributed by atoms with Crippen molar-refractivity contribution in [3.05, 3.63) is 34.3 Å². The molecule has 1 fully saturated rings. The molecule has 1 N–H and O–H groups in total. The molecule has 0 saturated heterocycles. The second-order valence-electron chi connectivity index (χ2n) is 5.30. The van der Waals surface area contributed by atoms with Crippen LogP contribution in [0.15, 0.2) is 28.7 Å². The van der Waals surface area contributed by atoms with Gasteiger partial charge in [-0.15, -0.1) is 0 Å². The zero-order valence-electron chi connectivity index (χ0n) is 10.6. The lowest BCUT2D eigenvalue weighted by molar-refractivity contribution is 0.303. The number of rotatable bonds is 4. The molecule has 2 unspecified atom stereocenters. The molecule has 1 aliphatic carbocycles. The van der Waals surface area contributed by atoms with E-state index < -0.39 is 0 Å². The van der Waals surface area contributed by atoms with Gasteiger partial charge in [0.05, 0.1) is 0 Å². The molecule has 17 heavy (non-hydrogen) atoms. The van der Waals surface area contributed by atoms with E-state index in [0.717, 1.165) is 29.4 Å². The van der Waals surface area contributed by atoms with Crippen LogP contribution >= 0.6 is 15.9 Å². The third kappa shape index (κ3) is 4.44. The number of hydrogen-bond donors (Lipinski definition) is 1. The Morgan fingerprint density at radius 3 is 2.71 bits per heavy atom. The molecule has 1 nitrogen and oxygen atoms in total. The third-order valence-electron chi connectivity index (χ3n) is 3.70. The minimum Gasteiger partial charge on any atom is -0.314 e. The Morgan fingerprint density at radius 2 is 2.00 bits per heavy atom. The van der Waals surface area contributed by atoms with E-state index in [-0.39, 0.29) is 0 Å². The molecule has 0 aromatic heterocycles. The molecule has 2 rings (SSSR count). The van der Waals surface area contributed by atoms with Gasteiger partial charge in [0.2, 0.25) is 0 Å². The third-order valence-corrected chi connectivity index (χ3v) is 4.23. The van der Waals surface area contributed by atoms with Crippen LogP contribution in [0.4, 0.5) is 0 Å². The molecule has 0 spiro atoms. The van der Waals surface area contributed by atoms with Gasteiger partial charge in [-0.25, -0.2) is 0 Å². The molecule has 1 aliphatic rings. The lowest BCUT2D eigenvalue weighted by Gasteiger charge is -2.27. The summed E-state index contributed by atoms with van der Waals surface area (Å²) in [5.41, 5.74) is 1.42. The highest BCUT2D eigenvalue weighted by atomic mass is 79.9. The summed E-state index contributed by atoms with van der Waals surface area (Å²) in [6.45, 7) is 3.49. The van der Waals surface area contributed by atoms with Crippen molar-refractivity contribution in [1.29, 1.82) is 0 Å². The van der Waals surface area contributed by atoms with Crippen molar-refractivity contribution in [2.24, 2.45) is 5.92 Å². The maximum Gasteiger partial charge on any atom is 0.0175 e. The van der Waals surface area contributed by atoms with Gasteiger partial charge in [0.25, 0.3) is 0 Å². The van der Waals surface area contributed by atoms with Gasteiger partial charge in [-0.2, -0.15) is 0 Å². The van der Waals surface area contributed by atoms with Gasteiger partial charge in [0.1, 0.15) is 0 Å².